The highest BCUT2D eigenvalue weighted by Gasteiger charge is 2.41. The third-order valence-corrected chi connectivity index (χ3v) is 3.23. The summed E-state index contributed by atoms with van der Waals surface area (Å²) in [7, 11) is 0. The number of hydrogen-bond acceptors (Lipinski definition) is 1. The molecule has 0 bridgehead atoms. The van der Waals surface area contributed by atoms with Gasteiger partial charge in [-0.2, -0.15) is 0 Å². The van der Waals surface area contributed by atoms with Gasteiger partial charge in [0.1, 0.15) is 0 Å². The molecule has 2 rings (SSSR count). The molecular formula is C10H19N. The Morgan fingerprint density at radius 2 is 2.18 bits per heavy atom. The maximum Gasteiger partial charge on any atom is 0.00699 e. The number of unbranched alkanes of at least 4 members (excludes halogenated alkanes) is 1. The lowest BCUT2D eigenvalue weighted by atomic mass is 10.00. The molecule has 0 aromatic heterocycles. The quantitative estimate of drug-likeness (QED) is 0.655. The van der Waals surface area contributed by atoms with Gasteiger partial charge in [0.05, 0.1) is 0 Å². The second kappa shape index (κ2) is 3.14. The Morgan fingerprint density at radius 3 is 2.91 bits per heavy atom. The van der Waals surface area contributed by atoms with Gasteiger partial charge >= 0.3 is 0 Å². The van der Waals surface area contributed by atoms with Gasteiger partial charge in [0.15, 0.2) is 0 Å². The van der Waals surface area contributed by atoms with E-state index in [1.165, 1.54) is 38.6 Å². The van der Waals surface area contributed by atoms with Crippen molar-refractivity contribution in [2.45, 2.75) is 45.1 Å². The van der Waals surface area contributed by atoms with Gasteiger partial charge in [-0.05, 0) is 37.6 Å². The summed E-state index contributed by atoms with van der Waals surface area (Å²) in [6, 6.07) is 0.874. The molecule has 3 unspecified atom stereocenters. The van der Waals surface area contributed by atoms with Gasteiger partial charge in [-0.1, -0.05) is 19.8 Å². The van der Waals surface area contributed by atoms with Gasteiger partial charge < -0.3 is 5.32 Å². The van der Waals surface area contributed by atoms with E-state index < -0.39 is 0 Å². The van der Waals surface area contributed by atoms with Crippen LogP contribution in [-0.4, -0.2) is 12.6 Å². The van der Waals surface area contributed by atoms with Crippen LogP contribution >= 0.6 is 0 Å². The van der Waals surface area contributed by atoms with Crippen LogP contribution in [0.1, 0.15) is 39.0 Å². The van der Waals surface area contributed by atoms with Crippen LogP contribution in [0.25, 0.3) is 0 Å². The SMILES string of the molecule is CCCCC1CC2CC2CN1. The van der Waals surface area contributed by atoms with Crippen molar-refractivity contribution < 1.29 is 0 Å². The maximum atomic E-state index is 3.65. The molecule has 64 valence electrons. The van der Waals surface area contributed by atoms with Crippen LogP contribution in [0.5, 0.6) is 0 Å². The Morgan fingerprint density at radius 1 is 1.27 bits per heavy atom. The van der Waals surface area contributed by atoms with Crippen molar-refractivity contribution in [1.82, 2.24) is 5.32 Å². The highest BCUT2D eigenvalue weighted by molar-refractivity contribution is 4.95. The average molecular weight is 153 g/mol. The number of fused-ring (bicyclic) bond motifs is 1. The lowest BCUT2D eigenvalue weighted by Crippen LogP contribution is -2.35. The first kappa shape index (κ1) is 7.60. The predicted octanol–water partition coefficient (Wildman–Crippen LogP) is 2.17. The monoisotopic (exact) mass is 153 g/mol. The van der Waals surface area contributed by atoms with Crippen molar-refractivity contribution in [2.75, 3.05) is 6.54 Å². The zero-order chi connectivity index (χ0) is 7.68. The largest absolute Gasteiger partial charge is 0.314 e. The molecule has 2 fully saturated rings. The summed E-state index contributed by atoms with van der Waals surface area (Å²) in [5, 5.41) is 3.65. The first-order chi connectivity index (χ1) is 5.40. The summed E-state index contributed by atoms with van der Waals surface area (Å²) in [6.45, 7) is 3.60. The molecule has 0 aromatic rings. The summed E-state index contributed by atoms with van der Waals surface area (Å²) >= 11 is 0. The Kier molecular flexibility index (Phi) is 2.17. The minimum atomic E-state index is 0.874. The van der Waals surface area contributed by atoms with Crippen molar-refractivity contribution in [1.29, 1.82) is 0 Å². The van der Waals surface area contributed by atoms with Crippen LogP contribution in [0.15, 0.2) is 0 Å². The Labute approximate surface area is 69.6 Å². The molecule has 11 heavy (non-hydrogen) atoms. The van der Waals surface area contributed by atoms with Crippen LogP contribution < -0.4 is 5.32 Å². The lowest BCUT2D eigenvalue weighted by molar-refractivity contribution is 0.361. The van der Waals surface area contributed by atoms with E-state index in [-0.39, 0.29) is 0 Å². The molecule has 1 N–H and O–H groups in total. The fourth-order valence-electron chi connectivity index (χ4n) is 2.29. The second-order valence-electron chi connectivity index (χ2n) is 4.24. The third-order valence-electron chi connectivity index (χ3n) is 3.23. The van der Waals surface area contributed by atoms with Gasteiger partial charge in [-0.3, -0.25) is 0 Å². The third kappa shape index (κ3) is 1.76. The molecule has 1 saturated carbocycles. The minimum Gasteiger partial charge on any atom is -0.314 e. The van der Waals surface area contributed by atoms with E-state index in [9.17, 15) is 0 Å². The summed E-state index contributed by atoms with van der Waals surface area (Å²) in [6.07, 6.45) is 7.18. The van der Waals surface area contributed by atoms with Gasteiger partial charge in [0.2, 0.25) is 0 Å². The van der Waals surface area contributed by atoms with Crippen LogP contribution in [0.3, 0.4) is 0 Å². The highest BCUT2D eigenvalue weighted by atomic mass is 14.9. The van der Waals surface area contributed by atoms with Crippen molar-refractivity contribution >= 4 is 0 Å². The van der Waals surface area contributed by atoms with Gasteiger partial charge in [-0.15, -0.1) is 0 Å². The fraction of sp³-hybridized carbons (Fsp3) is 1.00. The summed E-state index contributed by atoms with van der Waals surface area (Å²) in [5.74, 6) is 2.20. The van der Waals surface area contributed by atoms with E-state index in [1.54, 1.807) is 0 Å². The van der Waals surface area contributed by atoms with Crippen molar-refractivity contribution in [3.05, 3.63) is 0 Å². The number of piperidine rings is 1. The molecule has 3 atom stereocenters. The van der Waals surface area contributed by atoms with Gasteiger partial charge in [0, 0.05) is 6.04 Å². The van der Waals surface area contributed by atoms with Crippen molar-refractivity contribution in [2.24, 2.45) is 11.8 Å². The van der Waals surface area contributed by atoms with Crippen LogP contribution in [-0.2, 0) is 0 Å². The number of hydrogen-bond donors (Lipinski definition) is 1. The Bertz CT molecular complexity index is 133. The van der Waals surface area contributed by atoms with Gasteiger partial charge in [0.25, 0.3) is 0 Å². The Balaban J connectivity index is 1.68. The maximum absolute atomic E-state index is 3.65. The molecule has 1 heteroatoms. The first-order valence-electron chi connectivity index (χ1n) is 5.13. The van der Waals surface area contributed by atoms with Crippen LogP contribution in [0.4, 0.5) is 0 Å². The number of rotatable bonds is 3. The van der Waals surface area contributed by atoms with E-state index in [4.69, 9.17) is 0 Å². The second-order valence-corrected chi connectivity index (χ2v) is 4.24. The summed E-state index contributed by atoms with van der Waals surface area (Å²) < 4.78 is 0. The van der Waals surface area contributed by atoms with Crippen molar-refractivity contribution in [3.63, 3.8) is 0 Å². The minimum absolute atomic E-state index is 0.874. The predicted molar refractivity (Wildman–Crippen MR) is 47.5 cm³/mol. The first-order valence-corrected chi connectivity index (χ1v) is 5.13. The molecule has 1 heterocycles. The normalized spacial score (nSPS) is 41.7. The fourth-order valence-corrected chi connectivity index (χ4v) is 2.29. The van der Waals surface area contributed by atoms with E-state index in [0.29, 0.717) is 0 Å². The molecule has 1 nitrogen and oxygen atoms in total. The van der Waals surface area contributed by atoms with E-state index in [2.05, 4.69) is 12.2 Å². The molecule has 2 aliphatic rings. The molecule has 1 saturated heterocycles. The standard InChI is InChI=1S/C10H19N/c1-2-3-4-10-6-8-5-9(8)7-11-10/h8-11H,2-7H2,1H3. The molecule has 0 spiro atoms. The van der Waals surface area contributed by atoms with E-state index in [0.717, 1.165) is 17.9 Å². The molecule has 1 aliphatic heterocycles. The Hall–Kier alpha value is -0.0400. The van der Waals surface area contributed by atoms with Crippen molar-refractivity contribution in [3.8, 4) is 0 Å². The average Bonchev–Trinajstić information content (AvgIpc) is 2.78. The zero-order valence-electron chi connectivity index (χ0n) is 7.47. The van der Waals surface area contributed by atoms with Crippen LogP contribution in [0.2, 0.25) is 0 Å². The van der Waals surface area contributed by atoms with Gasteiger partial charge in [-0.25, -0.2) is 0 Å². The molecule has 0 radical (unpaired) electrons. The summed E-state index contributed by atoms with van der Waals surface area (Å²) in [5.41, 5.74) is 0. The van der Waals surface area contributed by atoms with E-state index in [1.807, 2.05) is 0 Å². The molecular weight excluding hydrogens is 134 g/mol. The summed E-state index contributed by atoms with van der Waals surface area (Å²) in [4.78, 5) is 0. The lowest BCUT2D eigenvalue weighted by Gasteiger charge is -2.22. The van der Waals surface area contributed by atoms with E-state index >= 15 is 0 Å². The molecule has 1 aliphatic carbocycles. The number of nitrogens with one attached hydrogen (secondary N) is 1. The molecule has 0 amide bonds. The molecule has 0 aromatic carbocycles. The highest BCUT2D eigenvalue weighted by Crippen LogP contribution is 2.44. The zero-order valence-corrected chi connectivity index (χ0v) is 7.47. The topological polar surface area (TPSA) is 12.0 Å². The van der Waals surface area contributed by atoms with Crippen LogP contribution in [0, 0.1) is 11.8 Å². The smallest absolute Gasteiger partial charge is 0.00699 e.